The van der Waals surface area contributed by atoms with Crippen LogP contribution in [0.2, 0.25) is 0 Å². The van der Waals surface area contributed by atoms with Crippen LogP contribution in [0.4, 0.5) is 0 Å². The van der Waals surface area contributed by atoms with Crippen LogP contribution in [-0.2, 0) is 10.1 Å². The summed E-state index contributed by atoms with van der Waals surface area (Å²) in [7, 11) is -3.67. The molecular weight excluding hydrogens is 218 g/mol. The highest BCUT2D eigenvalue weighted by molar-refractivity contribution is 7.85. The van der Waals surface area contributed by atoms with Crippen molar-refractivity contribution in [3.05, 3.63) is 0 Å². The molecule has 5 nitrogen and oxygen atoms in total. The highest BCUT2D eigenvalue weighted by Gasteiger charge is 2.11. The van der Waals surface area contributed by atoms with Crippen molar-refractivity contribution < 1.29 is 18.1 Å². The molecule has 0 radical (unpaired) electrons. The van der Waals surface area contributed by atoms with Crippen LogP contribution in [0.3, 0.4) is 0 Å². The van der Waals surface area contributed by atoms with Crippen LogP contribution < -0.4 is 5.73 Å². The Balaban J connectivity index is 0. The summed E-state index contributed by atoms with van der Waals surface area (Å²) in [6.07, 6.45) is 3.58. The van der Waals surface area contributed by atoms with Crippen LogP contribution in [0, 0.1) is 0 Å². The third-order valence-electron chi connectivity index (χ3n) is 1.45. The summed E-state index contributed by atoms with van der Waals surface area (Å²) in [6, 6.07) is 0.266. The van der Waals surface area contributed by atoms with Gasteiger partial charge in [0.2, 0.25) is 0 Å². The van der Waals surface area contributed by atoms with E-state index in [0.717, 1.165) is 19.3 Å². The molecule has 0 saturated heterocycles. The van der Waals surface area contributed by atoms with Crippen LogP contribution in [0.1, 0.15) is 40.0 Å². The Bertz CT molecular complexity index is 233. The van der Waals surface area contributed by atoms with E-state index in [4.69, 9.17) is 10.3 Å². The van der Waals surface area contributed by atoms with Gasteiger partial charge in [0.25, 0.3) is 10.1 Å². The molecule has 0 rings (SSSR count). The Morgan fingerprint density at radius 2 is 1.73 bits per heavy atom. The van der Waals surface area contributed by atoms with E-state index in [0.29, 0.717) is 6.26 Å². The molecule has 0 aliphatic heterocycles. The van der Waals surface area contributed by atoms with Gasteiger partial charge in [0.15, 0.2) is 0 Å². The largest absolute Gasteiger partial charge is 0.390 e. The first-order valence-corrected chi connectivity index (χ1v) is 6.67. The van der Waals surface area contributed by atoms with Gasteiger partial charge in [0.1, 0.15) is 0 Å². The number of hydrogen-bond donors (Lipinski definition) is 3. The van der Waals surface area contributed by atoms with Crippen molar-refractivity contribution in [2.24, 2.45) is 5.73 Å². The molecule has 0 fully saturated rings. The van der Waals surface area contributed by atoms with Gasteiger partial charge in [-0.2, -0.15) is 8.42 Å². The molecule has 6 heteroatoms. The van der Waals surface area contributed by atoms with Gasteiger partial charge in [0, 0.05) is 6.04 Å². The van der Waals surface area contributed by atoms with Gasteiger partial charge in [-0.05, 0) is 40.0 Å². The third kappa shape index (κ3) is 41.5. The normalized spacial score (nSPS) is 14.1. The molecule has 0 heterocycles. The molecule has 0 aromatic rings. The Hall–Kier alpha value is -0.170. The summed E-state index contributed by atoms with van der Waals surface area (Å²) < 4.78 is 25.9. The molecule has 0 spiro atoms. The van der Waals surface area contributed by atoms with Gasteiger partial charge < -0.3 is 10.8 Å². The quantitative estimate of drug-likeness (QED) is 0.631. The van der Waals surface area contributed by atoms with Gasteiger partial charge >= 0.3 is 0 Å². The van der Waals surface area contributed by atoms with Crippen molar-refractivity contribution in [3.63, 3.8) is 0 Å². The lowest BCUT2D eigenvalue weighted by molar-refractivity contribution is 0.0678. The van der Waals surface area contributed by atoms with Gasteiger partial charge in [-0.3, -0.25) is 4.55 Å². The fraction of sp³-hybridized carbons (Fsp3) is 1.00. The summed E-state index contributed by atoms with van der Waals surface area (Å²) in [5, 5.41) is 9.29. The fourth-order valence-electron chi connectivity index (χ4n) is 0.857. The van der Waals surface area contributed by atoms with E-state index < -0.39 is 15.7 Å². The maximum absolute atomic E-state index is 9.29. The standard InChI is InChI=1S/C8H19NO.CH4O3S/c1-7(9)5-4-6-8(2,3)10;1-5(2,3)4/h7,10H,4-6,9H2,1-3H3;1H3,(H,2,3,4). The molecule has 0 amide bonds. The molecule has 0 aliphatic rings. The number of aliphatic hydroxyl groups is 1. The van der Waals surface area contributed by atoms with E-state index in [2.05, 4.69) is 0 Å². The predicted molar refractivity (Wildman–Crippen MR) is 61.3 cm³/mol. The van der Waals surface area contributed by atoms with Crippen molar-refractivity contribution in [2.45, 2.75) is 51.7 Å². The minimum atomic E-state index is -3.67. The maximum Gasteiger partial charge on any atom is 0.261 e. The molecule has 0 aromatic heterocycles. The smallest absolute Gasteiger partial charge is 0.261 e. The van der Waals surface area contributed by atoms with Crippen LogP contribution >= 0.6 is 0 Å². The molecule has 0 saturated carbocycles. The highest BCUT2D eigenvalue weighted by Crippen LogP contribution is 2.12. The van der Waals surface area contributed by atoms with Gasteiger partial charge in [-0.25, -0.2) is 0 Å². The average molecular weight is 241 g/mol. The molecule has 15 heavy (non-hydrogen) atoms. The van der Waals surface area contributed by atoms with Crippen LogP contribution in [0.15, 0.2) is 0 Å². The van der Waals surface area contributed by atoms with E-state index in [1.54, 1.807) is 0 Å². The minimum absolute atomic E-state index is 0.266. The molecule has 0 aromatic carbocycles. The zero-order chi connectivity index (χ0) is 12.7. The van der Waals surface area contributed by atoms with E-state index >= 15 is 0 Å². The Morgan fingerprint density at radius 1 is 1.40 bits per heavy atom. The van der Waals surface area contributed by atoms with Crippen LogP contribution in [0.25, 0.3) is 0 Å². The molecule has 0 aliphatic carbocycles. The molecule has 1 unspecified atom stereocenters. The monoisotopic (exact) mass is 241 g/mol. The number of rotatable bonds is 4. The zero-order valence-electron chi connectivity index (χ0n) is 9.90. The summed E-state index contributed by atoms with van der Waals surface area (Å²) in [5.74, 6) is 0. The minimum Gasteiger partial charge on any atom is -0.390 e. The van der Waals surface area contributed by atoms with E-state index in [1.807, 2.05) is 20.8 Å². The van der Waals surface area contributed by atoms with Crippen molar-refractivity contribution in [1.29, 1.82) is 0 Å². The molecule has 4 N–H and O–H groups in total. The highest BCUT2D eigenvalue weighted by atomic mass is 32.2. The summed E-state index contributed by atoms with van der Waals surface area (Å²) in [5.41, 5.74) is 5.02. The van der Waals surface area contributed by atoms with E-state index in [9.17, 15) is 13.5 Å². The lowest BCUT2D eigenvalue weighted by Gasteiger charge is -2.16. The second-order valence-corrected chi connectivity index (χ2v) is 5.88. The number of nitrogens with two attached hydrogens (primary N) is 1. The van der Waals surface area contributed by atoms with Crippen molar-refractivity contribution in [1.82, 2.24) is 0 Å². The Kier molecular flexibility index (Phi) is 8.23. The summed E-state index contributed by atoms with van der Waals surface area (Å²) >= 11 is 0. The topological polar surface area (TPSA) is 101 Å². The second-order valence-electron chi connectivity index (χ2n) is 4.41. The lowest BCUT2D eigenvalue weighted by Crippen LogP contribution is -2.20. The summed E-state index contributed by atoms with van der Waals surface area (Å²) in [4.78, 5) is 0. The van der Waals surface area contributed by atoms with Crippen molar-refractivity contribution in [2.75, 3.05) is 6.26 Å². The van der Waals surface area contributed by atoms with Gasteiger partial charge in [0.05, 0.1) is 11.9 Å². The molecule has 94 valence electrons. The third-order valence-corrected chi connectivity index (χ3v) is 1.45. The van der Waals surface area contributed by atoms with Crippen LogP contribution in [0.5, 0.6) is 0 Å². The molecule has 0 bridgehead atoms. The first kappa shape index (κ1) is 17.2. The SMILES string of the molecule is CC(N)CCCC(C)(C)O.CS(=O)(=O)O. The Labute approximate surface area is 92.4 Å². The first-order chi connectivity index (χ1) is 6.42. The van der Waals surface area contributed by atoms with Crippen LogP contribution in [-0.4, -0.2) is 36.0 Å². The fourth-order valence-corrected chi connectivity index (χ4v) is 0.857. The molecular formula is C9H23NO4S. The Morgan fingerprint density at radius 3 is 1.93 bits per heavy atom. The zero-order valence-corrected chi connectivity index (χ0v) is 10.7. The maximum atomic E-state index is 9.29. The average Bonchev–Trinajstić information content (AvgIpc) is 1.77. The first-order valence-electron chi connectivity index (χ1n) is 4.82. The van der Waals surface area contributed by atoms with Gasteiger partial charge in [-0.1, -0.05) is 0 Å². The predicted octanol–water partition coefficient (Wildman–Crippen LogP) is 0.779. The second kappa shape index (κ2) is 7.16. The van der Waals surface area contributed by atoms with E-state index in [1.165, 1.54) is 0 Å². The van der Waals surface area contributed by atoms with Crippen molar-refractivity contribution in [3.8, 4) is 0 Å². The van der Waals surface area contributed by atoms with Crippen molar-refractivity contribution >= 4 is 10.1 Å². The van der Waals surface area contributed by atoms with E-state index in [-0.39, 0.29) is 6.04 Å². The lowest BCUT2D eigenvalue weighted by atomic mass is 10.0. The van der Waals surface area contributed by atoms with Gasteiger partial charge in [-0.15, -0.1) is 0 Å². The molecule has 1 atom stereocenters. The number of hydrogen-bond acceptors (Lipinski definition) is 4. The summed E-state index contributed by atoms with van der Waals surface area (Å²) in [6.45, 7) is 5.65.